The van der Waals surface area contributed by atoms with Gasteiger partial charge in [-0.1, -0.05) is 0 Å². The molecule has 0 amide bonds. The number of aryl methyl sites for hydroxylation is 1. The van der Waals surface area contributed by atoms with Crippen LogP contribution in [0, 0.1) is 6.92 Å². The minimum absolute atomic E-state index is 0.682. The van der Waals surface area contributed by atoms with Gasteiger partial charge in [0.05, 0.1) is 19.4 Å². The van der Waals surface area contributed by atoms with Crippen molar-refractivity contribution in [3.8, 4) is 10.6 Å². The zero-order valence-electron chi connectivity index (χ0n) is 8.29. The average molecular weight is 303 g/mol. The second-order valence-corrected chi connectivity index (χ2v) is 6.90. The number of nitrogens with two attached hydrogens (primary N) is 1. The highest BCUT2D eigenvalue weighted by Crippen LogP contribution is 2.35. The maximum atomic E-state index is 5.60. The molecule has 2 rings (SSSR count). The Morgan fingerprint density at radius 3 is 2.80 bits per heavy atom. The maximum absolute atomic E-state index is 5.60. The smallest absolute Gasteiger partial charge is 0.0947 e. The van der Waals surface area contributed by atoms with Crippen molar-refractivity contribution in [2.75, 3.05) is 6.54 Å². The Morgan fingerprint density at radius 1 is 1.40 bits per heavy atom. The molecule has 5 heteroatoms. The van der Waals surface area contributed by atoms with E-state index in [0.717, 1.165) is 20.9 Å². The molecule has 0 bridgehead atoms. The lowest BCUT2D eigenvalue weighted by atomic mass is 10.2. The van der Waals surface area contributed by atoms with Crippen LogP contribution in [0.25, 0.3) is 10.6 Å². The molecule has 2 aromatic rings. The van der Waals surface area contributed by atoms with Gasteiger partial charge in [-0.05, 0) is 48.0 Å². The molecule has 2 aromatic heterocycles. The van der Waals surface area contributed by atoms with Crippen LogP contribution >= 0.6 is 38.6 Å². The van der Waals surface area contributed by atoms with Crippen LogP contribution < -0.4 is 5.73 Å². The third-order valence-electron chi connectivity index (χ3n) is 1.98. The first kappa shape index (κ1) is 11.3. The quantitative estimate of drug-likeness (QED) is 0.943. The predicted octanol–water partition coefficient (Wildman–Crippen LogP) is 3.44. The van der Waals surface area contributed by atoms with E-state index in [9.17, 15) is 0 Å². The zero-order valence-corrected chi connectivity index (χ0v) is 11.5. The third kappa shape index (κ3) is 2.47. The van der Waals surface area contributed by atoms with Crippen molar-refractivity contribution in [2.24, 2.45) is 5.73 Å². The molecule has 0 aliphatic carbocycles. The second kappa shape index (κ2) is 4.74. The summed E-state index contributed by atoms with van der Waals surface area (Å²) in [4.78, 5) is 7.08. The molecule has 0 saturated heterocycles. The molecule has 0 saturated carbocycles. The number of thiophene rings is 1. The Hall–Kier alpha value is -0.230. The van der Waals surface area contributed by atoms with Gasteiger partial charge >= 0.3 is 0 Å². The van der Waals surface area contributed by atoms with Gasteiger partial charge in [0.25, 0.3) is 0 Å². The number of nitrogens with zero attached hydrogens (tertiary/aromatic N) is 1. The van der Waals surface area contributed by atoms with Crippen molar-refractivity contribution >= 4 is 38.6 Å². The lowest BCUT2D eigenvalue weighted by Crippen LogP contribution is -2.01. The summed E-state index contributed by atoms with van der Waals surface area (Å²) in [7, 11) is 0. The van der Waals surface area contributed by atoms with Gasteiger partial charge in [-0.3, -0.25) is 0 Å². The van der Waals surface area contributed by atoms with Gasteiger partial charge < -0.3 is 5.73 Å². The van der Waals surface area contributed by atoms with E-state index in [4.69, 9.17) is 5.73 Å². The van der Waals surface area contributed by atoms with Crippen LogP contribution in [0.2, 0.25) is 0 Å². The fourth-order valence-electron chi connectivity index (χ4n) is 1.40. The van der Waals surface area contributed by atoms with E-state index < -0.39 is 0 Å². The Kier molecular flexibility index (Phi) is 3.56. The van der Waals surface area contributed by atoms with Gasteiger partial charge in [0, 0.05) is 4.88 Å². The van der Waals surface area contributed by atoms with Crippen molar-refractivity contribution < 1.29 is 0 Å². The maximum Gasteiger partial charge on any atom is 0.0947 e. The molecule has 80 valence electrons. The molecule has 2 N–H and O–H groups in total. The Labute approximate surface area is 105 Å². The van der Waals surface area contributed by atoms with E-state index in [1.165, 1.54) is 9.75 Å². The van der Waals surface area contributed by atoms with Crippen molar-refractivity contribution in [1.29, 1.82) is 0 Å². The SMILES string of the molecule is Cc1nc(-c2ccc(Br)s2)c(CCN)s1. The van der Waals surface area contributed by atoms with Crippen LogP contribution in [0.15, 0.2) is 15.9 Å². The normalized spacial score (nSPS) is 10.9. The van der Waals surface area contributed by atoms with Crippen LogP contribution in [-0.2, 0) is 6.42 Å². The zero-order chi connectivity index (χ0) is 10.8. The monoisotopic (exact) mass is 302 g/mol. The molecule has 0 spiro atoms. The molecule has 0 aliphatic rings. The molecule has 0 fully saturated rings. The van der Waals surface area contributed by atoms with Crippen molar-refractivity contribution in [3.63, 3.8) is 0 Å². The standard InChI is InChI=1S/C10H11BrN2S2/c1-6-13-10(8(14-6)4-5-12)7-2-3-9(11)15-7/h2-3H,4-5,12H2,1H3. The summed E-state index contributed by atoms with van der Waals surface area (Å²) >= 11 is 6.93. The minimum atomic E-state index is 0.682. The number of thiazole rings is 1. The number of halogens is 1. The molecule has 0 aliphatic heterocycles. The van der Waals surface area contributed by atoms with Crippen LogP contribution in [0.5, 0.6) is 0 Å². The first-order chi connectivity index (χ1) is 7.20. The summed E-state index contributed by atoms with van der Waals surface area (Å²) in [5, 5.41) is 1.11. The molecular weight excluding hydrogens is 292 g/mol. The number of rotatable bonds is 3. The average Bonchev–Trinajstić information content (AvgIpc) is 2.73. The molecule has 15 heavy (non-hydrogen) atoms. The Morgan fingerprint density at radius 2 is 2.20 bits per heavy atom. The Balaban J connectivity index is 2.42. The summed E-state index contributed by atoms with van der Waals surface area (Å²) < 4.78 is 1.14. The van der Waals surface area contributed by atoms with Gasteiger partial charge in [-0.25, -0.2) is 4.98 Å². The van der Waals surface area contributed by atoms with Gasteiger partial charge in [0.2, 0.25) is 0 Å². The number of hydrogen-bond acceptors (Lipinski definition) is 4. The molecule has 2 nitrogen and oxygen atoms in total. The third-order valence-corrected chi connectivity index (χ3v) is 4.64. The molecule has 0 atom stereocenters. The highest BCUT2D eigenvalue weighted by atomic mass is 79.9. The fraction of sp³-hybridized carbons (Fsp3) is 0.300. The molecule has 0 radical (unpaired) electrons. The van der Waals surface area contributed by atoms with Crippen molar-refractivity contribution in [2.45, 2.75) is 13.3 Å². The van der Waals surface area contributed by atoms with Gasteiger partial charge in [0.15, 0.2) is 0 Å². The summed E-state index contributed by atoms with van der Waals surface area (Å²) in [6, 6.07) is 4.16. The van der Waals surface area contributed by atoms with Crippen LogP contribution in [0.4, 0.5) is 0 Å². The van der Waals surface area contributed by atoms with E-state index in [-0.39, 0.29) is 0 Å². The summed E-state index contributed by atoms with van der Waals surface area (Å²) in [6.07, 6.45) is 0.913. The molecule has 0 aromatic carbocycles. The fourth-order valence-corrected chi connectivity index (χ4v) is 3.84. The first-order valence-corrected chi connectivity index (χ1v) is 7.05. The summed E-state index contributed by atoms with van der Waals surface area (Å²) in [6.45, 7) is 2.72. The van der Waals surface area contributed by atoms with Crippen LogP contribution in [0.1, 0.15) is 9.88 Å². The van der Waals surface area contributed by atoms with Gasteiger partial charge in [-0.15, -0.1) is 22.7 Å². The van der Waals surface area contributed by atoms with Crippen molar-refractivity contribution in [3.05, 3.63) is 25.8 Å². The molecule has 2 heterocycles. The number of aromatic nitrogens is 1. The number of hydrogen-bond donors (Lipinski definition) is 1. The summed E-state index contributed by atoms with van der Waals surface area (Å²) in [5.74, 6) is 0. The van der Waals surface area contributed by atoms with Crippen LogP contribution in [-0.4, -0.2) is 11.5 Å². The highest BCUT2D eigenvalue weighted by molar-refractivity contribution is 9.11. The van der Waals surface area contributed by atoms with Crippen molar-refractivity contribution in [1.82, 2.24) is 4.98 Å². The lowest BCUT2D eigenvalue weighted by molar-refractivity contribution is 0.986. The highest BCUT2D eigenvalue weighted by Gasteiger charge is 2.12. The largest absolute Gasteiger partial charge is 0.330 e. The van der Waals surface area contributed by atoms with Crippen LogP contribution in [0.3, 0.4) is 0 Å². The Bertz CT molecular complexity index is 462. The minimum Gasteiger partial charge on any atom is -0.330 e. The van der Waals surface area contributed by atoms with Gasteiger partial charge in [0.1, 0.15) is 0 Å². The summed E-state index contributed by atoms with van der Waals surface area (Å²) in [5.41, 5.74) is 6.70. The van der Waals surface area contributed by atoms with E-state index in [1.54, 1.807) is 22.7 Å². The van der Waals surface area contributed by atoms with Gasteiger partial charge in [-0.2, -0.15) is 0 Å². The van der Waals surface area contributed by atoms with E-state index in [2.05, 4.69) is 33.0 Å². The van der Waals surface area contributed by atoms with E-state index in [1.807, 2.05) is 6.92 Å². The molecule has 0 unspecified atom stereocenters. The lowest BCUT2D eigenvalue weighted by Gasteiger charge is -1.96. The second-order valence-electron chi connectivity index (χ2n) is 3.15. The first-order valence-electron chi connectivity index (χ1n) is 4.63. The van der Waals surface area contributed by atoms with E-state index in [0.29, 0.717) is 6.54 Å². The topological polar surface area (TPSA) is 38.9 Å². The molecular formula is C10H11BrN2S2. The van der Waals surface area contributed by atoms with E-state index >= 15 is 0 Å². The predicted molar refractivity (Wildman–Crippen MR) is 70.6 cm³/mol.